The lowest BCUT2D eigenvalue weighted by molar-refractivity contribution is -0.123. The summed E-state index contributed by atoms with van der Waals surface area (Å²) in [5.74, 6) is -0.0486. The fourth-order valence-electron chi connectivity index (χ4n) is 2.09. The first-order valence-electron chi connectivity index (χ1n) is 6.12. The summed E-state index contributed by atoms with van der Waals surface area (Å²) in [7, 11) is 1.29. The van der Waals surface area contributed by atoms with E-state index in [2.05, 4.69) is 20.0 Å². The Kier molecular flexibility index (Phi) is 3.94. The molecule has 1 aliphatic heterocycles. The van der Waals surface area contributed by atoms with Gasteiger partial charge in [-0.15, -0.1) is 0 Å². The van der Waals surface area contributed by atoms with Crippen molar-refractivity contribution in [1.29, 1.82) is 0 Å². The quantitative estimate of drug-likeness (QED) is 0.772. The van der Waals surface area contributed by atoms with Gasteiger partial charge in [-0.3, -0.25) is 9.78 Å². The van der Waals surface area contributed by atoms with Gasteiger partial charge in [0.25, 0.3) is 0 Å². The number of esters is 1. The second kappa shape index (κ2) is 5.64. The normalized spacial score (nSPS) is 18.9. The number of methoxy groups -OCH3 is 1. The van der Waals surface area contributed by atoms with Crippen molar-refractivity contribution in [3.8, 4) is 0 Å². The summed E-state index contributed by atoms with van der Waals surface area (Å²) < 4.78 is 4.61. The van der Waals surface area contributed by atoms with Crippen molar-refractivity contribution in [2.45, 2.75) is 19.4 Å². The molecule has 1 aromatic rings. The molecule has 7 heteroatoms. The van der Waals surface area contributed by atoms with E-state index in [4.69, 9.17) is 0 Å². The molecule has 2 rings (SSSR count). The van der Waals surface area contributed by atoms with E-state index in [0.717, 1.165) is 0 Å². The molecule has 2 heterocycles. The Balaban J connectivity index is 2.29. The minimum absolute atomic E-state index is 0.0287. The first kappa shape index (κ1) is 13.3. The maximum Gasteiger partial charge on any atom is 0.358 e. The minimum atomic E-state index is -0.538. The third-order valence-corrected chi connectivity index (χ3v) is 3.03. The average molecular weight is 264 g/mol. The number of hydrogen-bond acceptors (Lipinski definition) is 6. The summed E-state index contributed by atoms with van der Waals surface area (Å²) in [5, 5.41) is 2.81. The number of anilines is 1. The summed E-state index contributed by atoms with van der Waals surface area (Å²) in [5.41, 5.74) is 0.140. The van der Waals surface area contributed by atoms with E-state index in [1.807, 2.05) is 11.8 Å². The highest BCUT2D eigenvalue weighted by molar-refractivity contribution is 5.88. The molecule has 1 aliphatic rings. The summed E-state index contributed by atoms with van der Waals surface area (Å²) >= 11 is 0. The second-order valence-electron chi connectivity index (χ2n) is 4.16. The maximum absolute atomic E-state index is 11.8. The van der Waals surface area contributed by atoms with Crippen LogP contribution in [-0.2, 0) is 9.53 Å². The molecule has 0 aliphatic carbocycles. The number of nitrogens with one attached hydrogen (secondary N) is 1. The predicted molar refractivity (Wildman–Crippen MR) is 67.8 cm³/mol. The first-order chi connectivity index (χ1) is 9.17. The zero-order valence-corrected chi connectivity index (χ0v) is 10.9. The molecule has 0 aromatic carbocycles. The molecule has 1 aromatic heterocycles. The highest BCUT2D eigenvalue weighted by atomic mass is 16.5. The van der Waals surface area contributed by atoms with Crippen LogP contribution in [0, 0.1) is 0 Å². The van der Waals surface area contributed by atoms with Gasteiger partial charge in [0.1, 0.15) is 11.9 Å². The van der Waals surface area contributed by atoms with Gasteiger partial charge in [-0.25, -0.2) is 9.78 Å². The molecule has 19 heavy (non-hydrogen) atoms. The van der Waals surface area contributed by atoms with Gasteiger partial charge in [0.2, 0.25) is 5.91 Å². The fraction of sp³-hybridized carbons (Fsp3) is 0.500. The van der Waals surface area contributed by atoms with Crippen LogP contribution in [0.2, 0.25) is 0 Å². The van der Waals surface area contributed by atoms with Gasteiger partial charge in [0, 0.05) is 13.1 Å². The molecule has 1 atom stereocenters. The average Bonchev–Trinajstić information content (AvgIpc) is 2.46. The maximum atomic E-state index is 11.8. The highest BCUT2D eigenvalue weighted by Crippen LogP contribution is 2.17. The number of hydrogen-bond donors (Lipinski definition) is 1. The molecule has 7 nitrogen and oxygen atoms in total. The Bertz CT molecular complexity index is 492. The van der Waals surface area contributed by atoms with E-state index in [0.29, 0.717) is 25.3 Å². The smallest absolute Gasteiger partial charge is 0.358 e. The third-order valence-electron chi connectivity index (χ3n) is 3.03. The molecule has 0 spiro atoms. The van der Waals surface area contributed by atoms with Crippen molar-refractivity contribution in [3.63, 3.8) is 0 Å². The lowest BCUT2D eigenvalue weighted by atomic mass is 10.1. The van der Waals surface area contributed by atoms with Gasteiger partial charge in [-0.1, -0.05) is 6.92 Å². The van der Waals surface area contributed by atoms with Crippen molar-refractivity contribution in [2.75, 3.05) is 25.1 Å². The topological polar surface area (TPSA) is 84.4 Å². The van der Waals surface area contributed by atoms with Crippen LogP contribution in [-0.4, -0.2) is 48.1 Å². The Morgan fingerprint density at radius 2 is 2.37 bits per heavy atom. The van der Waals surface area contributed by atoms with Crippen LogP contribution in [0.5, 0.6) is 0 Å². The Labute approximate surface area is 111 Å². The van der Waals surface area contributed by atoms with Gasteiger partial charge < -0.3 is 15.0 Å². The Morgan fingerprint density at radius 1 is 1.58 bits per heavy atom. The summed E-state index contributed by atoms with van der Waals surface area (Å²) in [4.78, 5) is 33.3. The molecule has 0 saturated carbocycles. The lowest BCUT2D eigenvalue weighted by Crippen LogP contribution is -2.55. The van der Waals surface area contributed by atoms with Crippen LogP contribution in [0.15, 0.2) is 12.4 Å². The number of nitrogens with zero attached hydrogens (tertiary/aromatic N) is 3. The largest absolute Gasteiger partial charge is 0.464 e. The van der Waals surface area contributed by atoms with Crippen molar-refractivity contribution in [1.82, 2.24) is 15.3 Å². The van der Waals surface area contributed by atoms with Gasteiger partial charge in [-0.2, -0.15) is 0 Å². The number of aromatic nitrogens is 2. The molecule has 1 fully saturated rings. The van der Waals surface area contributed by atoms with Gasteiger partial charge in [0.05, 0.1) is 19.5 Å². The number of carbonyl (C=O) groups is 2. The predicted octanol–water partition coefficient (Wildman–Crippen LogP) is -0.0220. The minimum Gasteiger partial charge on any atom is -0.464 e. The van der Waals surface area contributed by atoms with E-state index < -0.39 is 5.97 Å². The highest BCUT2D eigenvalue weighted by Gasteiger charge is 2.29. The van der Waals surface area contributed by atoms with Crippen LogP contribution < -0.4 is 10.2 Å². The number of piperazine rings is 1. The Morgan fingerprint density at radius 3 is 3.05 bits per heavy atom. The zero-order chi connectivity index (χ0) is 13.8. The van der Waals surface area contributed by atoms with Crippen LogP contribution in [0.4, 0.5) is 5.82 Å². The molecule has 1 amide bonds. The molecule has 1 saturated heterocycles. The number of rotatable bonds is 3. The number of ether oxygens (including phenoxy) is 1. The van der Waals surface area contributed by atoms with Crippen molar-refractivity contribution < 1.29 is 14.3 Å². The van der Waals surface area contributed by atoms with Gasteiger partial charge in [-0.05, 0) is 6.42 Å². The molecule has 1 N–H and O–H groups in total. The van der Waals surface area contributed by atoms with Crippen molar-refractivity contribution in [3.05, 3.63) is 18.1 Å². The van der Waals surface area contributed by atoms with Crippen LogP contribution in [0.1, 0.15) is 23.8 Å². The number of carbonyl (C=O) groups excluding carboxylic acids is 2. The van der Waals surface area contributed by atoms with Gasteiger partial charge >= 0.3 is 5.97 Å². The van der Waals surface area contributed by atoms with Crippen molar-refractivity contribution in [2.24, 2.45) is 0 Å². The zero-order valence-electron chi connectivity index (χ0n) is 10.9. The molecule has 1 unspecified atom stereocenters. The SMILES string of the molecule is CCC1C(=O)NCCN1c1cncc(C(=O)OC)n1. The summed E-state index contributed by atoms with van der Waals surface area (Å²) in [6.45, 7) is 3.13. The Hall–Kier alpha value is -2.18. The standard InChI is InChI=1S/C12H16N4O3/c1-3-9-11(17)14-4-5-16(9)10-7-13-6-8(15-10)12(18)19-2/h6-7,9H,3-5H2,1-2H3,(H,14,17). The summed E-state index contributed by atoms with van der Waals surface area (Å²) in [6.07, 6.45) is 3.56. The monoisotopic (exact) mass is 264 g/mol. The van der Waals surface area contributed by atoms with Gasteiger partial charge in [0.15, 0.2) is 5.69 Å². The molecule has 0 bridgehead atoms. The second-order valence-corrected chi connectivity index (χ2v) is 4.16. The van der Waals surface area contributed by atoms with E-state index in [1.165, 1.54) is 13.3 Å². The first-order valence-corrected chi connectivity index (χ1v) is 6.12. The van der Waals surface area contributed by atoms with E-state index in [1.54, 1.807) is 6.20 Å². The van der Waals surface area contributed by atoms with E-state index in [-0.39, 0.29) is 17.6 Å². The molecular weight excluding hydrogens is 248 g/mol. The summed E-state index contributed by atoms with van der Waals surface area (Å²) in [6, 6.07) is -0.282. The van der Waals surface area contributed by atoms with Crippen LogP contribution in [0.25, 0.3) is 0 Å². The molecular formula is C12H16N4O3. The number of amides is 1. The fourth-order valence-corrected chi connectivity index (χ4v) is 2.09. The lowest BCUT2D eigenvalue weighted by Gasteiger charge is -2.35. The van der Waals surface area contributed by atoms with E-state index in [9.17, 15) is 9.59 Å². The molecule has 102 valence electrons. The van der Waals surface area contributed by atoms with E-state index >= 15 is 0 Å². The van der Waals surface area contributed by atoms with Crippen molar-refractivity contribution >= 4 is 17.7 Å². The van der Waals surface area contributed by atoms with Crippen LogP contribution in [0.3, 0.4) is 0 Å². The third kappa shape index (κ3) is 2.64. The van der Waals surface area contributed by atoms with Crippen LogP contribution >= 0.6 is 0 Å². The molecule has 0 radical (unpaired) electrons.